The number of hydrogen-bond acceptors (Lipinski definition) is 6. The molecule has 0 bridgehead atoms. The Bertz CT molecular complexity index is 1060. The Morgan fingerprint density at radius 1 is 1.00 bits per heavy atom. The van der Waals surface area contributed by atoms with E-state index in [0.717, 1.165) is 11.3 Å². The lowest BCUT2D eigenvalue weighted by Crippen LogP contribution is -2.14. The first-order valence-corrected chi connectivity index (χ1v) is 9.61. The van der Waals surface area contributed by atoms with Crippen molar-refractivity contribution in [3.05, 3.63) is 54.1 Å². The molecule has 0 aliphatic rings. The molecule has 0 amide bonds. The van der Waals surface area contributed by atoms with Gasteiger partial charge in [-0.2, -0.15) is 0 Å². The van der Waals surface area contributed by atoms with Crippen LogP contribution in [0.1, 0.15) is 11.7 Å². The van der Waals surface area contributed by atoms with Crippen LogP contribution < -0.4 is 14.2 Å². The molecule has 0 unspecified atom stereocenters. The number of hydrogen-bond donors (Lipinski definition) is 1. The number of rotatable bonds is 6. The lowest BCUT2D eigenvalue weighted by molar-refractivity contribution is 0.386. The molecule has 3 aromatic rings. The van der Waals surface area contributed by atoms with Crippen LogP contribution in [0.2, 0.25) is 0 Å². The van der Waals surface area contributed by atoms with E-state index in [-0.39, 0.29) is 10.6 Å². The van der Waals surface area contributed by atoms with Gasteiger partial charge in [-0.1, -0.05) is 12.1 Å². The zero-order valence-corrected chi connectivity index (χ0v) is 16.3. The van der Waals surface area contributed by atoms with Gasteiger partial charge in [0.2, 0.25) is 0 Å². The normalized spacial score (nSPS) is 11.3. The highest BCUT2D eigenvalue weighted by atomic mass is 32.2. The van der Waals surface area contributed by atoms with Gasteiger partial charge < -0.3 is 13.9 Å². The monoisotopic (exact) mass is 388 g/mol. The molecule has 0 aliphatic carbocycles. The first kappa shape index (κ1) is 18.8. The maximum Gasteiger partial charge on any atom is 0.265 e. The summed E-state index contributed by atoms with van der Waals surface area (Å²) in [4.78, 5) is 4.36. The van der Waals surface area contributed by atoms with E-state index in [2.05, 4.69) is 9.71 Å². The summed E-state index contributed by atoms with van der Waals surface area (Å²) in [6, 6.07) is 11.4. The Hall–Kier alpha value is -3.00. The van der Waals surface area contributed by atoms with E-state index in [9.17, 15) is 8.42 Å². The fraction of sp³-hybridized carbons (Fsp3) is 0.211. The SMILES string of the molecule is COc1ccc(S(=O)(=O)Nc2ccc(-c3nc(C)oc3C)cc2)c(OC)c1. The molecule has 1 aromatic heterocycles. The smallest absolute Gasteiger partial charge is 0.265 e. The zero-order chi connectivity index (χ0) is 19.6. The Balaban J connectivity index is 1.87. The average Bonchev–Trinajstić information content (AvgIpc) is 2.99. The highest BCUT2D eigenvalue weighted by Gasteiger charge is 2.20. The molecule has 0 saturated heterocycles. The number of oxazole rings is 1. The third kappa shape index (κ3) is 3.90. The summed E-state index contributed by atoms with van der Waals surface area (Å²) in [6.07, 6.45) is 0. The quantitative estimate of drug-likeness (QED) is 0.691. The molecule has 2 aromatic carbocycles. The standard InChI is InChI=1S/C19H20N2O5S/c1-12-19(20-13(2)26-12)14-5-7-15(8-6-14)21-27(22,23)18-10-9-16(24-3)11-17(18)25-4/h5-11,21H,1-4H3. The number of methoxy groups -OCH3 is 2. The van der Waals surface area contributed by atoms with Crippen molar-refractivity contribution >= 4 is 15.7 Å². The highest BCUT2D eigenvalue weighted by molar-refractivity contribution is 7.92. The fourth-order valence-corrected chi connectivity index (χ4v) is 3.91. The highest BCUT2D eigenvalue weighted by Crippen LogP contribution is 2.30. The first-order chi connectivity index (χ1) is 12.8. The minimum absolute atomic E-state index is 0.0258. The second kappa shape index (κ2) is 7.32. The lowest BCUT2D eigenvalue weighted by atomic mass is 10.1. The second-order valence-corrected chi connectivity index (χ2v) is 7.49. The molecule has 0 saturated carbocycles. The summed E-state index contributed by atoms with van der Waals surface area (Å²) >= 11 is 0. The molecule has 0 aliphatic heterocycles. The molecule has 142 valence electrons. The minimum Gasteiger partial charge on any atom is -0.497 e. The van der Waals surface area contributed by atoms with Gasteiger partial charge in [0.1, 0.15) is 27.8 Å². The van der Waals surface area contributed by atoms with Crippen LogP contribution in [0.15, 0.2) is 51.8 Å². The summed E-state index contributed by atoms with van der Waals surface area (Å²) in [5.41, 5.74) is 2.00. The van der Waals surface area contributed by atoms with Crippen molar-refractivity contribution < 1.29 is 22.3 Å². The van der Waals surface area contributed by atoms with E-state index in [4.69, 9.17) is 13.9 Å². The van der Waals surface area contributed by atoms with Gasteiger partial charge in [0.15, 0.2) is 5.89 Å². The Morgan fingerprint density at radius 2 is 1.70 bits per heavy atom. The van der Waals surface area contributed by atoms with Crippen molar-refractivity contribution in [2.75, 3.05) is 18.9 Å². The van der Waals surface area contributed by atoms with Crippen LogP contribution >= 0.6 is 0 Å². The number of sulfonamides is 1. The maximum atomic E-state index is 12.7. The van der Waals surface area contributed by atoms with Crippen LogP contribution in [0.5, 0.6) is 11.5 Å². The number of aromatic nitrogens is 1. The number of nitrogens with one attached hydrogen (secondary N) is 1. The van der Waals surface area contributed by atoms with E-state index >= 15 is 0 Å². The molecule has 7 nitrogen and oxygen atoms in total. The van der Waals surface area contributed by atoms with Crippen molar-refractivity contribution in [1.82, 2.24) is 4.98 Å². The van der Waals surface area contributed by atoms with Crippen molar-refractivity contribution in [2.45, 2.75) is 18.7 Å². The number of ether oxygens (including phenoxy) is 2. The summed E-state index contributed by atoms with van der Waals surface area (Å²) in [6.45, 7) is 3.61. The Morgan fingerprint density at radius 3 is 2.26 bits per heavy atom. The van der Waals surface area contributed by atoms with E-state index in [0.29, 0.717) is 23.1 Å². The summed E-state index contributed by atoms with van der Waals surface area (Å²) in [5.74, 6) is 2.00. The van der Waals surface area contributed by atoms with Gasteiger partial charge in [0.25, 0.3) is 10.0 Å². The van der Waals surface area contributed by atoms with E-state index < -0.39 is 10.0 Å². The number of anilines is 1. The van der Waals surface area contributed by atoms with Crippen LogP contribution in [-0.2, 0) is 10.0 Å². The average molecular weight is 388 g/mol. The van der Waals surface area contributed by atoms with Crippen molar-refractivity contribution in [1.29, 1.82) is 0 Å². The zero-order valence-electron chi connectivity index (χ0n) is 15.4. The number of nitrogens with zero attached hydrogens (tertiary/aromatic N) is 1. The molecule has 0 spiro atoms. The first-order valence-electron chi connectivity index (χ1n) is 8.13. The predicted molar refractivity (Wildman–Crippen MR) is 102 cm³/mol. The molecular formula is C19H20N2O5S. The summed E-state index contributed by atoms with van der Waals surface area (Å²) in [5, 5.41) is 0. The number of benzene rings is 2. The van der Waals surface area contributed by atoms with Crippen molar-refractivity contribution in [3.63, 3.8) is 0 Å². The van der Waals surface area contributed by atoms with Crippen LogP contribution in [0, 0.1) is 13.8 Å². The summed E-state index contributed by atoms with van der Waals surface area (Å²) < 4.78 is 43.7. The Kier molecular flexibility index (Phi) is 5.09. The van der Waals surface area contributed by atoms with Gasteiger partial charge in [0.05, 0.1) is 14.2 Å². The third-order valence-electron chi connectivity index (χ3n) is 3.97. The van der Waals surface area contributed by atoms with Gasteiger partial charge in [-0.05, 0) is 31.2 Å². The largest absolute Gasteiger partial charge is 0.497 e. The predicted octanol–water partition coefficient (Wildman–Crippen LogP) is 3.78. The number of aryl methyl sites for hydroxylation is 2. The van der Waals surface area contributed by atoms with Crippen molar-refractivity contribution in [2.24, 2.45) is 0 Å². The van der Waals surface area contributed by atoms with Gasteiger partial charge in [-0.3, -0.25) is 4.72 Å². The molecule has 8 heteroatoms. The van der Waals surface area contributed by atoms with E-state index in [1.807, 2.05) is 6.92 Å². The molecule has 0 atom stereocenters. The van der Waals surface area contributed by atoms with Crippen LogP contribution in [-0.4, -0.2) is 27.6 Å². The third-order valence-corrected chi connectivity index (χ3v) is 5.40. The lowest BCUT2D eigenvalue weighted by Gasteiger charge is -2.13. The van der Waals surface area contributed by atoms with Gasteiger partial charge in [-0.15, -0.1) is 0 Å². The van der Waals surface area contributed by atoms with Crippen LogP contribution in [0.4, 0.5) is 5.69 Å². The Labute approximate surface area is 158 Å². The molecule has 0 fully saturated rings. The van der Waals surface area contributed by atoms with Gasteiger partial charge in [0, 0.05) is 24.2 Å². The second-order valence-electron chi connectivity index (χ2n) is 5.84. The molecule has 27 heavy (non-hydrogen) atoms. The van der Waals surface area contributed by atoms with E-state index in [1.54, 1.807) is 37.3 Å². The fourth-order valence-electron chi connectivity index (χ4n) is 2.70. The van der Waals surface area contributed by atoms with Gasteiger partial charge in [-0.25, -0.2) is 13.4 Å². The summed E-state index contributed by atoms with van der Waals surface area (Å²) in [7, 11) is -0.919. The molecule has 3 rings (SSSR count). The van der Waals surface area contributed by atoms with Crippen LogP contribution in [0.25, 0.3) is 11.3 Å². The van der Waals surface area contributed by atoms with Gasteiger partial charge >= 0.3 is 0 Å². The molecular weight excluding hydrogens is 368 g/mol. The molecule has 1 N–H and O–H groups in total. The molecule has 0 radical (unpaired) electrons. The topological polar surface area (TPSA) is 90.7 Å². The van der Waals surface area contributed by atoms with Crippen molar-refractivity contribution in [3.8, 4) is 22.8 Å². The molecule has 1 heterocycles. The van der Waals surface area contributed by atoms with Crippen LogP contribution in [0.3, 0.4) is 0 Å². The minimum atomic E-state index is -3.83. The van der Waals surface area contributed by atoms with E-state index in [1.165, 1.54) is 26.4 Å². The maximum absolute atomic E-state index is 12.7.